The van der Waals surface area contributed by atoms with E-state index < -0.39 is 63.3 Å². The van der Waals surface area contributed by atoms with Gasteiger partial charge in [-0.05, 0) is 63.8 Å². The number of nitrogen functional groups attached to an aromatic ring is 1. The van der Waals surface area contributed by atoms with E-state index in [4.69, 9.17) is 25.6 Å². The predicted octanol–water partition coefficient (Wildman–Crippen LogP) is -1.05. The number of hydrogen-bond acceptors (Lipinski definition) is 16. The zero-order valence-corrected chi connectivity index (χ0v) is 28.2. The van der Waals surface area contributed by atoms with E-state index in [2.05, 4.69) is 30.0 Å². The topological polar surface area (TPSA) is 291 Å². The molecule has 0 bridgehead atoms. The molecule has 1 aromatic heterocycles. The molecule has 1 aromatic carbocycles. The third-order valence-electron chi connectivity index (χ3n) is 8.38. The number of anilines is 1. The summed E-state index contributed by atoms with van der Waals surface area (Å²) in [7, 11) is -5.03. The number of aliphatic hydroxyl groups is 1. The van der Waals surface area contributed by atoms with E-state index in [0.29, 0.717) is 36.0 Å². The van der Waals surface area contributed by atoms with Crippen molar-refractivity contribution in [2.75, 3.05) is 18.8 Å². The number of fused-ring (bicyclic) bond motifs is 1. The number of nitrogens with zero attached hydrogens (tertiary/aromatic N) is 4. The maximum atomic E-state index is 13.4. The van der Waals surface area contributed by atoms with Crippen LogP contribution in [0.2, 0.25) is 0 Å². The number of aliphatic carboxylic acids is 1. The minimum absolute atomic E-state index is 0.0540. The second-order valence-corrected chi connectivity index (χ2v) is 14.2. The van der Waals surface area contributed by atoms with E-state index >= 15 is 0 Å². The van der Waals surface area contributed by atoms with E-state index in [1.165, 1.54) is 26.2 Å². The number of aliphatic hydroxyl groups excluding tert-OH is 1. The average Bonchev–Trinajstić information content (AvgIpc) is 3.70. The first kappa shape index (κ1) is 35.9. The zero-order chi connectivity index (χ0) is 35.9. The summed E-state index contributed by atoms with van der Waals surface area (Å²) in [6, 6.07) is 3.88. The van der Waals surface area contributed by atoms with E-state index in [1.54, 1.807) is 12.1 Å². The van der Waals surface area contributed by atoms with Crippen LogP contribution in [0.4, 0.5) is 5.13 Å². The fraction of sp³-hybridized carbons (Fsp3) is 0.500. The Morgan fingerprint density at radius 1 is 1.37 bits per heavy atom. The van der Waals surface area contributed by atoms with E-state index in [9.17, 15) is 33.0 Å². The summed E-state index contributed by atoms with van der Waals surface area (Å²) in [5, 5.41) is 31.5. The molecule has 0 unspecified atom stereocenters. The SMILES string of the molecule is CC1(C)[C@H](NC(=O)/C(=N\O[C@](C)(C(=O)O)[C@H]2CCc3cc(C4=N[C@H](C[C@@H](O)CN)CN4)ccc3O2)c2csc(N)n2)C(=O)N1OS(=O)(=O)O. The number of nitrogens with one attached hydrogen (secondary N) is 2. The molecule has 5 atom stereocenters. The number of thiazole rings is 1. The number of hydrogen-bond donors (Lipinski definition) is 7. The van der Waals surface area contributed by atoms with Gasteiger partial charge in [0.05, 0.1) is 17.7 Å². The second-order valence-electron chi connectivity index (χ2n) is 12.3. The molecule has 5 rings (SSSR count). The number of amidine groups is 1. The Balaban J connectivity index is 1.34. The molecule has 4 heterocycles. The number of ether oxygens (including phenoxy) is 1. The van der Waals surface area contributed by atoms with Gasteiger partial charge in [0, 0.05) is 24.0 Å². The van der Waals surface area contributed by atoms with Gasteiger partial charge in [0.15, 0.2) is 16.9 Å². The number of β-lactam (4-membered cyclic amide) rings is 1. The largest absolute Gasteiger partial charge is 0.485 e. The van der Waals surface area contributed by atoms with Crippen LogP contribution in [0.3, 0.4) is 0 Å². The van der Waals surface area contributed by atoms with Crippen molar-refractivity contribution in [2.24, 2.45) is 15.9 Å². The third kappa shape index (κ3) is 7.45. The number of rotatable bonds is 13. The standard InChI is InChI=1S/C28H36N8O11S2/c1-27(2)21(24(39)36(27)47-49(42,43)44)34-23(38)20(17-12-48-26(30)33-17)35-46-28(3,25(40)41)19-7-5-13-8-14(4-6-18(13)45-19)22-31-11-15(32-22)9-16(37)10-29/h4,6,8,12,15-16,19,21,37H,5,7,9-11,29H2,1-3H3,(H2,30,33)(H,31,32)(H,34,38)(H,40,41)(H,42,43,44)/b35-20-/t15-,16-,19-,21-,28+/m1/s1. The van der Waals surface area contributed by atoms with E-state index in [1.807, 2.05) is 6.07 Å². The van der Waals surface area contributed by atoms with Gasteiger partial charge in [-0.2, -0.15) is 13.5 Å². The van der Waals surface area contributed by atoms with Crippen molar-refractivity contribution in [3.63, 3.8) is 0 Å². The molecule has 0 radical (unpaired) electrons. The smallest absolute Gasteiger partial charge is 0.418 e. The number of amides is 2. The number of aliphatic imine (C=N–C) groups is 1. The molecule has 21 heteroatoms. The lowest BCUT2D eigenvalue weighted by Crippen LogP contribution is -2.76. The van der Waals surface area contributed by atoms with Crippen LogP contribution in [0.15, 0.2) is 33.7 Å². The molecule has 0 spiro atoms. The van der Waals surface area contributed by atoms with E-state index in [-0.39, 0.29) is 29.8 Å². The van der Waals surface area contributed by atoms with E-state index in [0.717, 1.165) is 22.5 Å². The highest BCUT2D eigenvalue weighted by atomic mass is 32.3. The number of hydroxylamine groups is 2. The monoisotopic (exact) mass is 724 g/mol. The van der Waals surface area contributed by atoms with Crippen LogP contribution in [0, 0.1) is 0 Å². The Morgan fingerprint density at radius 2 is 2.10 bits per heavy atom. The lowest BCUT2D eigenvalue weighted by Gasteiger charge is -2.50. The van der Waals surface area contributed by atoms with Crippen LogP contribution in [0.5, 0.6) is 5.75 Å². The first-order valence-corrected chi connectivity index (χ1v) is 17.2. The summed E-state index contributed by atoms with van der Waals surface area (Å²) in [6.07, 6.45) is -0.688. The molecule has 0 aliphatic carbocycles. The van der Waals surface area contributed by atoms with Crippen LogP contribution in [0.1, 0.15) is 50.4 Å². The molecule has 9 N–H and O–H groups in total. The van der Waals surface area contributed by atoms with Crippen molar-refractivity contribution in [1.29, 1.82) is 0 Å². The number of aryl methyl sites for hydroxylation is 1. The van der Waals surface area contributed by atoms with Crippen LogP contribution < -0.4 is 26.8 Å². The van der Waals surface area contributed by atoms with Crippen molar-refractivity contribution < 1.29 is 51.4 Å². The van der Waals surface area contributed by atoms with Crippen LogP contribution >= 0.6 is 11.3 Å². The van der Waals surface area contributed by atoms with Gasteiger partial charge < -0.3 is 41.9 Å². The van der Waals surface area contributed by atoms with Crippen LogP contribution in [-0.4, -0.2) is 111 Å². The molecule has 2 amide bonds. The normalized spacial score (nSPS) is 23.6. The van der Waals surface area contributed by atoms with Gasteiger partial charge in [-0.25, -0.2) is 9.78 Å². The predicted molar refractivity (Wildman–Crippen MR) is 173 cm³/mol. The maximum absolute atomic E-state index is 13.4. The van der Waals surface area contributed by atoms with Crippen LogP contribution in [0.25, 0.3) is 0 Å². The molecule has 49 heavy (non-hydrogen) atoms. The van der Waals surface area contributed by atoms with Crippen LogP contribution in [-0.2, 0) is 40.3 Å². The minimum Gasteiger partial charge on any atom is -0.485 e. The Bertz CT molecular complexity index is 1810. The summed E-state index contributed by atoms with van der Waals surface area (Å²) in [6.45, 7) is 4.67. The summed E-state index contributed by atoms with van der Waals surface area (Å²) in [5.74, 6) is -2.39. The lowest BCUT2D eigenvalue weighted by atomic mass is 9.84. The summed E-state index contributed by atoms with van der Waals surface area (Å²) >= 11 is 0.960. The quantitative estimate of drug-likeness (QED) is 0.0561. The third-order valence-corrected chi connectivity index (χ3v) is 9.39. The molecule has 1 fully saturated rings. The van der Waals surface area contributed by atoms with Gasteiger partial charge in [0.2, 0.25) is 0 Å². The molecular weight excluding hydrogens is 688 g/mol. The molecule has 1 saturated heterocycles. The Morgan fingerprint density at radius 3 is 2.71 bits per heavy atom. The average molecular weight is 725 g/mol. The number of carboxylic acid groups (broad SMARTS) is 1. The minimum atomic E-state index is -5.03. The highest BCUT2D eigenvalue weighted by Crippen LogP contribution is 2.35. The molecular formula is C28H36N8O11S2. The van der Waals surface area contributed by atoms with Gasteiger partial charge >= 0.3 is 16.4 Å². The zero-order valence-electron chi connectivity index (χ0n) is 26.5. The van der Waals surface area contributed by atoms with Crippen molar-refractivity contribution in [3.05, 3.63) is 40.4 Å². The maximum Gasteiger partial charge on any atom is 0.418 e. The van der Waals surface area contributed by atoms with Gasteiger partial charge in [-0.15, -0.1) is 15.6 Å². The number of carbonyl (C=O) groups excluding carboxylic acids is 2. The fourth-order valence-corrected chi connectivity index (χ4v) is 6.53. The molecule has 266 valence electrons. The number of nitrogens with two attached hydrogens (primary N) is 2. The molecule has 2 aromatic rings. The summed E-state index contributed by atoms with van der Waals surface area (Å²) < 4.78 is 41.7. The van der Waals surface area contributed by atoms with Gasteiger partial charge in [-0.1, -0.05) is 5.16 Å². The number of aromatic nitrogens is 1. The van der Waals surface area contributed by atoms with Crippen molar-refractivity contribution in [3.8, 4) is 5.75 Å². The van der Waals surface area contributed by atoms with Gasteiger partial charge in [-0.3, -0.25) is 19.1 Å². The van der Waals surface area contributed by atoms with Crippen molar-refractivity contribution in [2.45, 2.75) is 75.5 Å². The van der Waals surface area contributed by atoms with Gasteiger partial charge in [0.25, 0.3) is 17.4 Å². The Hall–Kier alpha value is -4.41. The highest BCUT2D eigenvalue weighted by molar-refractivity contribution is 7.80. The number of oxime groups is 1. The number of carbonyl (C=O) groups is 3. The first-order valence-electron chi connectivity index (χ1n) is 15.0. The summed E-state index contributed by atoms with van der Waals surface area (Å²) in [4.78, 5) is 53.0. The highest BCUT2D eigenvalue weighted by Gasteiger charge is 2.58. The molecule has 0 saturated carbocycles. The number of benzene rings is 1. The van der Waals surface area contributed by atoms with Gasteiger partial charge in [0.1, 0.15) is 23.3 Å². The fourth-order valence-electron chi connectivity index (χ4n) is 5.53. The first-order chi connectivity index (χ1) is 22.9. The Kier molecular flexibility index (Phi) is 9.87. The molecule has 3 aliphatic rings. The lowest BCUT2D eigenvalue weighted by molar-refractivity contribution is -0.218. The second kappa shape index (κ2) is 13.5. The molecule has 19 nitrogen and oxygen atoms in total. The summed E-state index contributed by atoms with van der Waals surface area (Å²) in [5.41, 5.74) is 8.69. The number of carboxylic acids is 1. The van der Waals surface area contributed by atoms with Crippen molar-refractivity contribution in [1.82, 2.24) is 20.7 Å². The van der Waals surface area contributed by atoms with Crippen molar-refractivity contribution >= 4 is 56.2 Å². The molecule has 3 aliphatic heterocycles. The Labute approximate surface area is 284 Å².